The fourth-order valence-electron chi connectivity index (χ4n) is 3.63. The maximum Gasteiger partial charge on any atom is 0.0663 e. The second-order valence-corrected chi connectivity index (χ2v) is 6.65. The van der Waals surface area contributed by atoms with E-state index in [0.717, 1.165) is 5.92 Å². The number of aryl methyl sites for hydroxylation is 3. The number of rotatable bonds is 4. The van der Waals surface area contributed by atoms with Crippen molar-refractivity contribution in [3.63, 3.8) is 0 Å². The highest BCUT2D eigenvalue weighted by Crippen LogP contribution is 2.27. The Morgan fingerprint density at radius 1 is 1.20 bits per heavy atom. The molecule has 0 heterocycles. The van der Waals surface area contributed by atoms with Gasteiger partial charge in [-0.05, 0) is 56.2 Å². The monoisotopic (exact) mass is 275 g/mol. The second-order valence-electron chi connectivity index (χ2n) is 6.65. The van der Waals surface area contributed by atoms with Crippen molar-refractivity contribution in [2.45, 2.75) is 65.5 Å². The van der Waals surface area contributed by atoms with Crippen LogP contribution in [-0.2, 0) is 4.74 Å². The molecular formula is C18H29NO. The minimum Gasteiger partial charge on any atom is -0.376 e. The molecule has 1 saturated carbocycles. The molecule has 1 aliphatic carbocycles. The van der Waals surface area contributed by atoms with E-state index >= 15 is 0 Å². The quantitative estimate of drug-likeness (QED) is 0.893. The molecule has 2 N–H and O–H groups in total. The van der Waals surface area contributed by atoms with Crippen molar-refractivity contribution in [1.82, 2.24) is 0 Å². The van der Waals surface area contributed by atoms with Crippen molar-refractivity contribution < 1.29 is 4.74 Å². The van der Waals surface area contributed by atoms with E-state index in [1.807, 2.05) is 0 Å². The van der Waals surface area contributed by atoms with Crippen molar-refractivity contribution in [2.24, 2.45) is 11.7 Å². The van der Waals surface area contributed by atoms with E-state index in [1.54, 1.807) is 0 Å². The van der Waals surface area contributed by atoms with Crippen LogP contribution in [0.1, 0.15) is 60.9 Å². The number of hydrogen-bond acceptors (Lipinski definition) is 2. The first kappa shape index (κ1) is 15.5. The van der Waals surface area contributed by atoms with E-state index < -0.39 is 0 Å². The number of hydrogen-bond donors (Lipinski definition) is 1. The van der Waals surface area contributed by atoms with E-state index in [1.165, 1.54) is 47.9 Å². The Balaban J connectivity index is 1.96. The fraction of sp³-hybridized carbons (Fsp3) is 0.667. The molecular weight excluding hydrogens is 246 g/mol. The standard InChI is InChI=1S/C18H29NO/c1-12-6-5-7-16(10-12)20-11-17(19)18-14(3)8-13(2)9-15(18)4/h8-9,12,16-17H,5-7,10-11,19H2,1-4H3. The van der Waals surface area contributed by atoms with E-state index in [4.69, 9.17) is 10.5 Å². The average molecular weight is 275 g/mol. The SMILES string of the molecule is Cc1cc(C)c(C(N)COC2CCCC(C)C2)c(C)c1. The van der Waals surface area contributed by atoms with Crippen molar-refractivity contribution >= 4 is 0 Å². The van der Waals surface area contributed by atoms with Gasteiger partial charge in [0.2, 0.25) is 0 Å². The Bertz CT molecular complexity index is 432. The van der Waals surface area contributed by atoms with Crippen LogP contribution in [0.4, 0.5) is 0 Å². The Labute approximate surface area is 123 Å². The van der Waals surface area contributed by atoms with Crippen LogP contribution >= 0.6 is 0 Å². The third-order valence-corrected chi connectivity index (χ3v) is 4.51. The smallest absolute Gasteiger partial charge is 0.0663 e. The Hall–Kier alpha value is -0.860. The van der Waals surface area contributed by atoms with Crippen LogP contribution in [0.5, 0.6) is 0 Å². The zero-order chi connectivity index (χ0) is 14.7. The third-order valence-electron chi connectivity index (χ3n) is 4.51. The summed E-state index contributed by atoms with van der Waals surface area (Å²) in [5.74, 6) is 0.799. The first-order valence-corrected chi connectivity index (χ1v) is 7.92. The van der Waals surface area contributed by atoms with Crippen LogP contribution in [0, 0.1) is 26.7 Å². The largest absolute Gasteiger partial charge is 0.376 e. The van der Waals surface area contributed by atoms with Crippen LogP contribution in [0.2, 0.25) is 0 Å². The maximum absolute atomic E-state index is 6.37. The molecule has 1 fully saturated rings. The minimum atomic E-state index is -0.00664. The summed E-state index contributed by atoms with van der Waals surface area (Å²) in [5, 5.41) is 0. The van der Waals surface area contributed by atoms with Crippen LogP contribution in [-0.4, -0.2) is 12.7 Å². The molecule has 0 aliphatic heterocycles. The Kier molecular flexibility index (Phi) is 5.22. The molecule has 2 rings (SSSR count). The number of ether oxygens (including phenoxy) is 1. The van der Waals surface area contributed by atoms with Gasteiger partial charge in [0.1, 0.15) is 0 Å². The molecule has 0 saturated heterocycles. The first-order chi connectivity index (χ1) is 9.47. The first-order valence-electron chi connectivity index (χ1n) is 7.92. The lowest BCUT2D eigenvalue weighted by Gasteiger charge is -2.28. The van der Waals surface area contributed by atoms with Gasteiger partial charge in [-0.1, -0.05) is 37.5 Å². The summed E-state index contributed by atoms with van der Waals surface area (Å²) in [5.41, 5.74) is 11.5. The predicted octanol–water partition coefficient (Wildman–Crippen LogP) is 4.21. The lowest BCUT2D eigenvalue weighted by atomic mass is 9.88. The maximum atomic E-state index is 6.37. The number of nitrogens with two attached hydrogens (primary N) is 1. The highest BCUT2D eigenvalue weighted by atomic mass is 16.5. The summed E-state index contributed by atoms with van der Waals surface area (Å²) in [6, 6.07) is 4.42. The zero-order valence-electron chi connectivity index (χ0n) is 13.4. The zero-order valence-corrected chi connectivity index (χ0v) is 13.4. The molecule has 1 aromatic carbocycles. The van der Waals surface area contributed by atoms with Gasteiger partial charge in [-0.3, -0.25) is 0 Å². The molecule has 0 bridgehead atoms. The van der Waals surface area contributed by atoms with Gasteiger partial charge in [-0.15, -0.1) is 0 Å². The minimum absolute atomic E-state index is 0.00664. The summed E-state index contributed by atoms with van der Waals surface area (Å²) in [6.07, 6.45) is 5.45. The lowest BCUT2D eigenvalue weighted by molar-refractivity contribution is 0.00838. The van der Waals surface area contributed by atoms with E-state index in [2.05, 4.69) is 39.8 Å². The molecule has 2 nitrogen and oxygen atoms in total. The Morgan fingerprint density at radius 2 is 1.85 bits per heavy atom. The van der Waals surface area contributed by atoms with Crippen LogP contribution in [0.3, 0.4) is 0 Å². The molecule has 0 aromatic heterocycles. The molecule has 1 aromatic rings. The fourth-order valence-corrected chi connectivity index (χ4v) is 3.63. The van der Waals surface area contributed by atoms with Gasteiger partial charge in [0.25, 0.3) is 0 Å². The van der Waals surface area contributed by atoms with Crippen molar-refractivity contribution in [3.8, 4) is 0 Å². The topological polar surface area (TPSA) is 35.2 Å². The molecule has 3 unspecified atom stereocenters. The van der Waals surface area contributed by atoms with Crippen molar-refractivity contribution in [1.29, 1.82) is 0 Å². The van der Waals surface area contributed by atoms with Crippen molar-refractivity contribution in [2.75, 3.05) is 6.61 Å². The van der Waals surface area contributed by atoms with Crippen molar-refractivity contribution in [3.05, 3.63) is 34.4 Å². The summed E-state index contributed by atoms with van der Waals surface area (Å²) >= 11 is 0. The van der Waals surface area contributed by atoms with Crippen LogP contribution < -0.4 is 5.73 Å². The molecule has 0 spiro atoms. The average Bonchev–Trinajstić information content (AvgIpc) is 2.35. The molecule has 20 heavy (non-hydrogen) atoms. The van der Waals surface area contributed by atoms with E-state index in [-0.39, 0.29) is 6.04 Å². The summed E-state index contributed by atoms with van der Waals surface area (Å²) in [7, 11) is 0. The highest BCUT2D eigenvalue weighted by Gasteiger charge is 2.21. The number of benzene rings is 1. The molecule has 112 valence electrons. The van der Waals surface area contributed by atoms with Gasteiger partial charge in [0.15, 0.2) is 0 Å². The second kappa shape index (κ2) is 6.73. The molecule has 0 amide bonds. The lowest BCUT2D eigenvalue weighted by Crippen LogP contribution is -2.27. The predicted molar refractivity (Wildman–Crippen MR) is 85.0 cm³/mol. The van der Waals surface area contributed by atoms with Gasteiger partial charge in [-0.25, -0.2) is 0 Å². The molecule has 3 atom stereocenters. The van der Waals surface area contributed by atoms with Gasteiger partial charge in [0.05, 0.1) is 18.8 Å². The Morgan fingerprint density at radius 3 is 2.45 bits per heavy atom. The molecule has 1 aliphatic rings. The summed E-state index contributed by atoms with van der Waals surface area (Å²) < 4.78 is 6.08. The van der Waals surface area contributed by atoms with Gasteiger partial charge in [-0.2, -0.15) is 0 Å². The van der Waals surface area contributed by atoms with Gasteiger partial charge < -0.3 is 10.5 Å². The van der Waals surface area contributed by atoms with E-state index in [0.29, 0.717) is 12.7 Å². The summed E-state index contributed by atoms with van der Waals surface area (Å²) in [4.78, 5) is 0. The molecule has 0 radical (unpaired) electrons. The highest BCUT2D eigenvalue weighted by molar-refractivity contribution is 5.39. The van der Waals surface area contributed by atoms with Gasteiger partial charge in [0, 0.05) is 0 Å². The normalized spacial score (nSPS) is 24.6. The van der Waals surface area contributed by atoms with Gasteiger partial charge >= 0.3 is 0 Å². The summed E-state index contributed by atoms with van der Waals surface area (Å²) in [6.45, 7) is 9.40. The van der Waals surface area contributed by atoms with Crippen LogP contribution in [0.25, 0.3) is 0 Å². The third kappa shape index (κ3) is 3.83. The van der Waals surface area contributed by atoms with E-state index in [9.17, 15) is 0 Å². The molecule has 2 heteroatoms. The van der Waals surface area contributed by atoms with Crippen LogP contribution in [0.15, 0.2) is 12.1 Å².